The molecule has 1 heterocycles. The van der Waals surface area contributed by atoms with Crippen molar-refractivity contribution in [2.24, 2.45) is 5.41 Å². The maximum absolute atomic E-state index is 14.2. The van der Waals surface area contributed by atoms with Gasteiger partial charge >= 0.3 is 6.03 Å². The molecule has 0 bridgehead atoms. The van der Waals surface area contributed by atoms with E-state index in [-0.39, 0.29) is 23.7 Å². The number of halogens is 1. The summed E-state index contributed by atoms with van der Waals surface area (Å²) in [6, 6.07) is 20.5. The molecular weight excluding hydrogens is 523 g/mol. The Balaban J connectivity index is 1.70. The van der Waals surface area contributed by atoms with Crippen molar-refractivity contribution in [2.75, 3.05) is 12.4 Å². The quantitative estimate of drug-likeness (QED) is 0.333. The topological polar surface area (TPSA) is 99.8 Å². The number of rotatable bonds is 7. The van der Waals surface area contributed by atoms with Crippen molar-refractivity contribution in [3.8, 4) is 5.75 Å². The van der Waals surface area contributed by atoms with Gasteiger partial charge in [0.2, 0.25) is 5.91 Å². The first-order valence-electron chi connectivity index (χ1n) is 13.7. The number of carbonyl (C=O) groups excluding carboxylic acids is 3. The summed E-state index contributed by atoms with van der Waals surface area (Å²) in [5.41, 5.74) is 4.64. The first kappa shape index (κ1) is 29.6. The molecule has 0 aliphatic carbocycles. The maximum Gasteiger partial charge on any atom is 0.319 e. The first-order valence-corrected chi connectivity index (χ1v) is 13.7. The van der Waals surface area contributed by atoms with Gasteiger partial charge in [-0.2, -0.15) is 0 Å². The van der Waals surface area contributed by atoms with Crippen LogP contribution in [0.25, 0.3) is 0 Å². The number of urea groups is 1. The van der Waals surface area contributed by atoms with Crippen molar-refractivity contribution in [1.29, 1.82) is 0 Å². The Labute approximate surface area is 240 Å². The van der Waals surface area contributed by atoms with E-state index in [9.17, 15) is 18.8 Å². The fourth-order valence-corrected chi connectivity index (χ4v) is 5.12. The van der Waals surface area contributed by atoms with Crippen molar-refractivity contribution in [1.82, 2.24) is 15.8 Å². The molecule has 41 heavy (non-hydrogen) atoms. The van der Waals surface area contributed by atoms with Crippen LogP contribution in [-0.2, 0) is 9.59 Å². The Kier molecular flexibility index (Phi) is 9.27. The molecule has 9 heteroatoms. The summed E-state index contributed by atoms with van der Waals surface area (Å²) < 4.78 is 19.2. The summed E-state index contributed by atoms with van der Waals surface area (Å²) in [5, 5.41) is 6.92. The van der Waals surface area contributed by atoms with Crippen LogP contribution >= 0.6 is 0 Å². The van der Waals surface area contributed by atoms with Crippen LogP contribution in [0.1, 0.15) is 63.1 Å². The molecule has 3 unspecified atom stereocenters. The van der Waals surface area contributed by atoms with E-state index < -0.39 is 29.8 Å². The zero-order chi connectivity index (χ0) is 29.6. The molecule has 216 valence electrons. The Morgan fingerprint density at radius 1 is 0.927 bits per heavy atom. The summed E-state index contributed by atoms with van der Waals surface area (Å²) in [7, 11) is 1.51. The lowest BCUT2D eigenvalue weighted by atomic mass is 9.86. The van der Waals surface area contributed by atoms with Crippen LogP contribution in [0.4, 0.5) is 14.9 Å². The smallest absolute Gasteiger partial charge is 0.319 e. The average molecular weight is 561 g/mol. The fraction of sp³-hybridized carbons (Fsp3) is 0.344. The Hall–Kier alpha value is -4.40. The number of anilines is 1. The monoisotopic (exact) mass is 560 g/mol. The predicted molar refractivity (Wildman–Crippen MR) is 156 cm³/mol. The Bertz CT molecular complexity index is 1360. The number of benzene rings is 3. The molecule has 4 rings (SSSR count). The Morgan fingerprint density at radius 2 is 1.59 bits per heavy atom. The highest BCUT2D eigenvalue weighted by molar-refractivity contribution is 5.95. The third-order valence-electron chi connectivity index (χ3n) is 7.00. The molecule has 1 aliphatic rings. The van der Waals surface area contributed by atoms with Gasteiger partial charge in [0.25, 0.3) is 5.91 Å². The number of hydrogen-bond acceptors (Lipinski definition) is 4. The second kappa shape index (κ2) is 12.8. The zero-order valence-corrected chi connectivity index (χ0v) is 23.8. The standard InChI is InChI=1S/C32H37FN4O4/c1-32(2,3)20-29(38)36-37-27(22-14-16-24(33)17-15-22)19-23(21-10-6-5-7-11-21)18-26(30(37)39)35-31(40)34-25-12-8-9-13-28(25)41-4/h5-17,23,26-27H,18-20H2,1-4H3,(H,36,38)(H2,34,35,40). The van der Waals surface area contributed by atoms with Crippen molar-refractivity contribution in [3.63, 3.8) is 0 Å². The van der Waals surface area contributed by atoms with Crippen molar-refractivity contribution >= 4 is 23.5 Å². The van der Waals surface area contributed by atoms with Crippen molar-refractivity contribution < 1.29 is 23.5 Å². The molecule has 1 saturated heterocycles. The summed E-state index contributed by atoms with van der Waals surface area (Å²) in [5.74, 6) is -0.867. The van der Waals surface area contributed by atoms with Gasteiger partial charge in [-0.05, 0) is 59.6 Å². The van der Waals surface area contributed by atoms with Gasteiger partial charge in [-0.3, -0.25) is 15.0 Å². The van der Waals surface area contributed by atoms with E-state index in [0.717, 1.165) is 5.56 Å². The van der Waals surface area contributed by atoms with E-state index in [2.05, 4.69) is 16.1 Å². The maximum atomic E-state index is 14.2. The van der Waals surface area contributed by atoms with E-state index in [1.807, 2.05) is 51.1 Å². The van der Waals surface area contributed by atoms with Gasteiger partial charge in [0.05, 0.1) is 18.8 Å². The van der Waals surface area contributed by atoms with Gasteiger partial charge < -0.3 is 15.4 Å². The van der Waals surface area contributed by atoms with Crippen LogP contribution in [0.3, 0.4) is 0 Å². The molecule has 0 spiro atoms. The number of ether oxygens (including phenoxy) is 1. The molecule has 8 nitrogen and oxygen atoms in total. The molecule has 0 aromatic heterocycles. The van der Waals surface area contributed by atoms with Gasteiger partial charge in [-0.25, -0.2) is 14.2 Å². The van der Waals surface area contributed by atoms with Crippen LogP contribution in [-0.4, -0.2) is 36.0 Å². The largest absolute Gasteiger partial charge is 0.495 e. The third-order valence-corrected chi connectivity index (χ3v) is 7.00. The van der Waals surface area contributed by atoms with Gasteiger partial charge in [0.1, 0.15) is 17.6 Å². The third kappa shape index (κ3) is 7.84. The second-order valence-corrected chi connectivity index (χ2v) is 11.5. The number of hydrogen-bond donors (Lipinski definition) is 3. The summed E-state index contributed by atoms with van der Waals surface area (Å²) in [6.07, 6.45) is 0.927. The highest BCUT2D eigenvalue weighted by atomic mass is 19.1. The number of para-hydroxylation sites is 2. The predicted octanol–water partition coefficient (Wildman–Crippen LogP) is 5.94. The van der Waals surface area contributed by atoms with Gasteiger partial charge in [-0.1, -0.05) is 75.4 Å². The molecular formula is C32H37FN4O4. The second-order valence-electron chi connectivity index (χ2n) is 11.5. The molecule has 3 aromatic carbocycles. The van der Waals surface area contributed by atoms with Gasteiger partial charge in [0.15, 0.2) is 0 Å². The Morgan fingerprint density at radius 3 is 2.24 bits per heavy atom. The summed E-state index contributed by atoms with van der Waals surface area (Å²) >= 11 is 0. The molecule has 3 aromatic rings. The van der Waals surface area contributed by atoms with E-state index in [1.54, 1.807) is 36.4 Å². The van der Waals surface area contributed by atoms with Crippen molar-refractivity contribution in [3.05, 3.63) is 95.8 Å². The van der Waals surface area contributed by atoms with Gasteiger partial charge in [0, 0.05) is 6.42 Å². The van der Waals surface area contributed by atoms with E-state index in [0.29, 0.717) is 29.8 Å². The summed E-state index contributed by atoms with van der Waals surface area (Å²) in [4.78, 5) is 40.5. The number of nitrogens with zero attached hydrogens (tertiary/aromatic N) is 1. The van der Waals surface area contributed by atoms with Gasteiger partial charge in [-0.15, -0.1) is 0 Å². The molecule has 3 atom stereocenters. The number of hydrazine groups is 1. The SMILES string of the molecule is COc1ccccc1NC(=O)NC1CC(c2ccccc2)CC(c2ccc(F)cc2)N(NC(=O)CC(C)(C)C)C1=O. The molecule has 1 fully saturated rings. The minimum atomic E-state index is -0.963. The number of methoxy groups -OCH3 is 1. The number of carbonyl (C=O) groups is 3. The van der Waals surface area contributed by atoms with E-state index in [4.69, 9.17) is 4.74 Å². The fourth-order valence-electron chi connectivity index (χ4n) is 5.12. The zero-order valence-electron chi connectivity index (χ0n) is 23.8. The minimum Gasteiger partial charge on any atom is -0.495 e. The molecule has 1 aliphatic heterocycles. The van der Waals surface area contributed by atoms with Crippen LogP contribution in [0.2, 0.25) is 0 Å². The van der Waals surface area contributed by atoms with E-state index in [1.165, 1.54) is 24.3 Å². The molecule has 3 N–H and O–H groups in total. The van der Waals surface area contributed by atoms with Crippen LogP contribution in [0, 0.1) is 11.2 Å². The van der Waals surface area contributed by atoms with Crippen LogP contribution in [0.5, 0.6) is 5.75 Å². The summed E-state index contributed by atoms with van der Waals surface area (Å²) in [6.45, 7) is 5.81. The number of amides is 4. The lowest BCUT2D eigenvalue weighted by Crippen LogP contribution is -2.55. The highest BCUT2D eigenvalue weighted by Crippen LogP contribution is 2.38. The lowest BCUT2D eigenvalue weighted by Gasteiger charge is -2.33. The first-order chi connectivity index (χ1) is 19.5. The minimum absolute atomic E-state index is 0.156. The highest BCUT2D eigenvalue weighted by Gasteiger charge is 2.40. The van der Waals surface area contributed by atoms with E-state index >= 15 is 0 Å². The number of nitrogens with one attached hydrogen (secondary N) is 3. The molecule has 0 radical (unpaired) electrons. The molecule has 0 saturated carbocycles. The lowest BCUT2D eigenvalue weighted by molar-refractivity contribution is -0.146. The van der Waals surface area contributed by atoms with Crippen molar-refractivity contribution in [2.45, 2.75) is 58.0 Å². The van der Waals surface area contributed by atoms with Crippen LogP contribution in [0.15, 0.2) is 78.9 Å². The normalized spacial score (nSPS) is 19.2. The van der Waals surface area contributed by atoms with Crippen LogP contribution < -0.4 is 20.8 Å². The average Bonchev–Trinajstić information content (AvgIpc) is 3.06. The molecule has 4 amide bonds.